The maximum Gasteiger partial charge on any atom is 0.274 e. The van der Waals surface area contributed by atoms with E-state index in [1.54, 1.807) is 12.1 Å². The smallest absolute Gasteiger partial charge is 0.274 e. The SMILES string of the molecule is O=C1c2c(nc(CNc3ccc(F)cc3)n2Cc2ccccc2)NCCN1CCN1CCCCC1. The molecule has 3 heterocycles. The number of amides is 1. The van der Waals surface area contributed by atoms with Crippen LogP contribution in [0.3, 0.4) is 0 Å². The van der Waals surface area contributed by atoms with Gasteiger partial charge in [0.1, 0.15) is 11.6 Å². The van der Waals surface area contributed by atoms with Crippen LogP contribution in [0.4, 0.5) is 15.9 Å². The molecular weight excluding hydrogens is 443 g/mol. The molecule has 1 aromatic heterocycles. The van der Waals surface area contributed by atoms with Crippen LogP contribution in [0.15, 0.2) is 54.6 Å². The van der Waals surface area contributed by atoms with Crippen molar-refractivity contribution in [3.63, 3.8) is 0 Å². The number of nitrogens with zero attached hydrogens (tertiary/aromatic N) is 4. The van der Waals surface area contributed by atoms with Gasteiger partial charge in [0.2, 0.25) is 0 Å². The molecule has 0 unspecified atom stereocenters. The molecule has 0 saturated carbocycles. The second kappa shape index (κ2) is 10.9. The summed E-state index contributed by atoms with van der Waals surface area (Å²) < 4.78 is 15.3. The minimum Gasteiger partial charge on any atom is -0.378 e. The molecule has 2 aliphatic heterocycles. The summed E-state index contributed by atoms with van der Waals surface area (Å²) in [4.78, 5) is 23.1. The van der Waals surface area contributed by atoms with E-state index < -0.39 is 0 Å². The summed E-state index contributed by atoms with van der Waals surface area (Å²) in [6.45, 7) is 6.19. The van der Waals surface area contributed by atoms with E-state index >= 15 is 0 Å². The molecule has 2 aromatic carbocycles. The highest BCUT2D eigenvalue weighted by Crippen LogP contribution is 2.24. The monoisotopic (exact) mass is 476 g/mol. The number of carbonyl (C=O) groups excluding carboxylic acids is 1. The molecule has 2 aliphatic rings. The summed E-state index contributed by atoms with van der Waals surface area (Å²) in [5, 5.41) is 6.71. The Hall–Kier alpha value is -3.39. The van der Waals surface area contributed by atoms with Gasteiger partial charge in [-0.05, 0) is 55.8 Å². The summed E-state index contributed by atoms with van der Waals surface area (Å²) in [6.07, 6.45) is 3.79. The molecule has 8 heteroatoms. The Labute approximate surface area is 205 Å². The maximum absolute atomic E-state index is 13.8. The Morgan fingerprint density at radius 1 is 0.943 bits per heavy atom. The summed E-state index contributed by atoms with van der Waals surface area (Å²) >= 11 is 0. The van der Waals surface area contributed by atoms with E-state index in [0.717, 1.165) is 43.3 Å². The van der Waals surface area contributed by atoms with Crippen molar-refractivity contribution < 1.29 is 9.18 Å². The topological polar surface area (TPSA) is 65.4 Å². The number of fused-ring (bicyclic) bond motifs is 1. The van der Waals surface area contributed by atoms with Gasteiger partial charge >= 0.3 is 0 Å². The van der Waals surface area contributed by atoms with Crippen LogP contribution in [0.2, 0.25) is 0 Å². The molecule has 3 aromatic rings. The molecule has 35 heavy (non-hydrogen) atoms. The van der Waals surface area contributed by atoms with Crippen molar-refractivity contribution in [3.05, 3.63) is 77.5 Å². The van der Waals surface area contributed by atoms with Crippen molar-refractivity contribution in [3.8, 4) is 0 Å². The van der Waals surface area contributed by atoms with Crippen molar-refractivity contribution in [2.24, 2.45) is 0 Å². The first kappa shape index (κ1) is 23.4. The molecular formula is C27H33FN6O. The lowest BCUT2D eigenvalue weighted by Gasteiger charge is -2.29. The number of halogens is 1. The molecule has 1 fully saturated rings. The molecule has 1 amide bonds. The van der Waals surface area contributed by atoms with Gasteiger partial charge < -0.3 is 25.0 Å². The first-order valence-corrected chi connectivity index (χ1v) is 12.6. The van der Waals surface area contributed by atoms with Crippen LogP contribution in [0.5, 0.6) is 0 Å². The van der Waals surface area contributed by atoms with Crippen LogP contribution in [0.1, 0.15) is 41.1 Å². The number of anilines is 2. The molecule has 0 atom stereocenters. The third-order valence-electron chi connectivity index (χ3n) is 6.82. The van der Waals surface area contributed by atoms with E-state index in [9.17, 15) is 9.18 Å². The first-order chi connectivity index (χ1) is 17.2. The van der Waals surface area contributed by atoms with Gasteiger partial charge in [-0.25, -0.2) is 9.37 Å². The minimum absolute atomic E-state index is 0.0264. The Kier molecular flexibility index (Phi) is 7.28. The molecule has 1 saturated heterocycles. The van der Waals surface area contributed by atoms with E-state index in [1.165, 1.54) is 31.4 Å². The Morgan fingerprint density at radius 3 is 2.49 bits per heavy atom. The van der Waals surface area contributed by atoms with Crippen LogP contribution in [-0.2, 0) is 13.1 Å². The Bertz CT molecular complexity index is 1120. The number of benzene rings is 2. The number of hydrogen-bond donors (Lipinski definition) is 2. The summed E-state index contributed by atoms with van der Waals surface area (Å²) in [7, 11) is 0. The van der Waals surface area contributed by atoms with Gasteiger partial charge in [-0.3, -0.25) is 4.79 Å². The normalized spacial score (nSPS) is 16.5. The van der Waals surface area contributed by atoms with Crippen LogP contribution in [0.25, 0.3) is 0 Å². The fourth-order valence-electron chi connectivity index (χ4n) is 4.88. The molecule has 2 N–H and O–H groups in total. The Balaban J connectivity index is 1.40. The number of nitrogens with one attached hydrogen (secondary N) is 2. The van der Waals surface area contributed by atoms with Crippen molar-refractivity contribution in [1.29, 1.82) is 0 Å². The van der Waals surface area contributed by atoms with E-state index in [1.807, 2.05) is 27.7 Å². The second-order valence-electron chi connectivity index (χ2n) is 9.28. The molecule has 0 bridgehead atoms. The lowest BCUT2D eigenvalue weighted by molar-refractivity contribution is 0.0731. The zero-order valence-electron chi connectivity index (χ0n) is 20.0. The van der Waals surface area contributed by atoms with Crippen molar-refractivity contribution >= 4 is 17.4 Å². The fraction of sp³-hybridized carbons (Fsp3) is 0.407. The van der Waals surface area contributed by atoms with E-state index in [2.05, 4.69) is 27.7 Å². The number of piperidine rings is 1. The molecule has 184 valence electrons. The van der Waals surface area contributed by atoms with Gasteiger partial charge in [-0.2, -0.15) is 0 Å². The predicted octanol–water partition coefficient (Wildman–Crippen LogP) is 4.04. The van der Waals surface area contributed by atoms with Gasteiger partial charge in [-0.1, -0.05) is 36.8 Å². The van der Waals surface area contributed by atoms with E-state index in [0.29, 0.717) is 37.7 Å². The molecule has 0 radical (unpaired) electrons. The third-order valence-corrected chi connectivity index (χ3v) is 6.82. The molecule has 5 rings (SSSR count). The summed E-state index contributed by atoms with van der Waals surface area (Å²) in [6, 6.07) is 16.4. The summed E-state index contributed by atoms with van der Waals surface area (Å²) in [5.41, 5.74) is 2.52. The van der Waals surface area contributed by atoms with Gasteiger partial charge in [-0.15, -0.1) is 0 Å². The van der Waals surface area contributed by atoms with Gasteiger partial charge in [0.15, 0.2) is 11.5 Å². The van der Waals surface area contributed by atoms with Crippen molar-refractivity contribution in [2.45, 2.75) is 32.4 Å². The quantitative estimate of drug-likeness (QED) is 0.514. The average Bonchev–Trinajstić information content (AvgIpc) is 3.14. The van der Waals surface area contributed by atoms with Crippen LogP contribution < -0.4 is 10.6 Å². The number of rotatable bonds is 8. The number of imidazole rings is 1. The van der Waals surface area contributed by atoms with Crippen molar-refractivity contribution in [1.82, 2.24) is 19.4 Å². The summed E-state index contributed by atoms with van der Waals surface area (Å²) in [5.74, 6) is 1.16. The fourth-order valence-corrected chi connectivity index (χ4v) is 4.88. The van der Waals surface area contributed by atoms with E-state index in [-0.39, 0.29) is 11.7 Å². The van der Waals surface area contributed by atoms with Gasteiger partial charge in [0.25, 0.3) is 5.91 Å². The zero-order valence-corrected chi connectivity index (χ0v) is 20.0. The number of hydrogen-bond acceptors (Lipinski definition) is 5. The van der Waals surface area contributed by atoms with Crippen LogP contribution in [-0.4, -0.2) is 64.5 Å². The Morgan fingerprint density at radius 2 is 1.71 bits per heavy atom. The minimum atomic E-state index is -0.271. The standard InChI is InChI=1S/C27H33FN6O/c28-22-9-11-23(12-10-22)30-19-24-31-26-25(34(24)20-21-7-3-1-4-8-21)27(35)33(16-13-29-26)18-17-32-14-5-2-6-15-32/h1,3-4,7-12,29-30H,2,5-6,13-20H2. The highest BCUT2D eigenvalue weighted by atomic mass is 19.1. The van der Waals surface area contributed by atoms with Crippen molar-refractivity contribution in [2.75, 3.05) is 49.9 Å². The number of carbonyl (C=O) groups is 1. The average molecular weight is 477 g/mol. The highest BCUT2D eigenvalue weighted by Gasteiger charge is 2.30. The zero-order chi connectivity index (χ0) is 24.0. The van der Waals surface area contributed by atoms with Crippen LogP contribution >= 0.6 is 0 Å². The number of likely N-dealkylation sites (tertiary alicyclic amines) is 1. The second-order valence-corrected chi connectivity index (χ2v) is 9.28. The molecule has 7 nitrogen and oxygen atoms in total. The molecule has 0 aliphatic carbocycles. The molecule has 0 spiro atoms. The van der Waals surface area contributed by atoms with E-state index in [4.69, 9.17) is 4.98 Å². The lowest BCUT2D eigenvalue weighted by atomic mass is 10.1. The number of aromatic nitrogens is 2. The first-order valence-electron chi connectivity index (χ1n) is 12.6. The predicted molar refractivity (Wildman–Crippen MR) is 136 cm³/mol. The highest BCUT2D eigenvalue weighted by molar-refractivity contribution is 5.98. The van der Waals surface area contributed by atoms with Crippen LogP contribution in [0, 0.1) is 5.82 Å². The third kappa shape index (κ3) is 5.65. The maximum atomic E-state index is 13.8. The lowest BCUT2D eigenvalue weighted by Crippen LogP contribution is -2.41. The van der Waals surface area contributed by atoms with Gasteiger partial charge in [0, 0.05) is 38.4 Å². The largest absolute Gasteiger partial charge is 0.378 e. The van der Waals surface area contributed by atoms with Gasteiger partial charge in [0.05, 0.1) is 6.54 Å².